The molecule has 88 valence electrons. The number of fused-ring (bicyclic) bond motifs is 1. The summed E-state index contributed by atoms with van der Waals surface area (Å²) < 4.78 is 5.37. The largest absolute Gasteiger partial charge is 0.495 e. The zero-order valence-corrected chi connectivity index (χ0v) is 10.6. The fourth-order valence-electron chi connectivity index (χ4n) is 2.50. The molecule has 1 aliphatic heterocycles. The molecule has 1 aromatic rings. The van der Waals surface area contributed by atoms with Crippen LogP contribution in [0.5, 0.6) is 5.75 Å². The molecule has 1 heterocycles. The van der Waals surface area contributed by atoms with Crippen molar-refractivity contribution in [1.82, 2.24) is 0 Å². The van der Waals surface area contributed by atoms with Gasteiger partial charge in [-0.15, -0.1) is 0 Å². The second-order valence-electron chi connectivity index (χ2n) is 5.77. The number of benzene rings is 1. The van der Waals surface area contributed by atoms with Crippen LogP contribution in [0.4, 0.5) is 5.69 Å². The van der Waals surface area contributed by atoms with E-state index in [1.807, 2.05) is 6.07 Å². The summed E-state index contributed by atoms with van der Waals surface area (Å²) in [6.45, 7) is 7.93. The molecule has 1 unspecified atom stereocenters. The monoisotopic (exact) mass is 219 g/mol. The Hall–Kier alpha value is -1.18. The Morgan fingerprint density at radius 1 is 1.38 bits per heavy atom. The Balaban J connectivity index is 2.27. The minimum absolute atomic E-state index is 0.372. The number of methoxy groups -OCH3 is 1. The standard InChI is InChI=1S/C14H21NO/c1-14(2,3)8-10-9-15-13-11(10)6-5-7-12(13)16-4/h5-7,10,15H,8-9H2,1-4H3. The summed E-state index contributed by atoms with van der Waals surface area (Å²) in [6.07, 6.45) is 1.21. The van der Waals surface area contributed by atoms with Crippen LogP contribution in [0, 0.1) is 5.41 Å². The van der Waals surface area contributed by atoms with Gasteiger partial charge in [0.25, 0.3) is 0 Å². The van der Waals surface area contributed by atoms with Crippen molar-refractivity contribution in [3.63, 3.8) is 0 Å². The lowest BCUT2D eigenvalue weighted by Gasteiger charge is -2.22. The van der Waals surface area contributed by atoms with E-state index in [1.165, 1.54) is 17.7 Å². The number of rotatable bonds is 2. The van der Waals surface area contributed by atoms with Gasteiger partial charge >= 0.3 is 0 Å². The second-order valence-corrected chi connectivity index (χ2v) is 5.77. The maximum atomic E-state index is 5.37. The van der Waals surface area contributed by atoms with E-state index in [0.717, 1.165) is 12.3 Å². The summed E-state index contributed by atoms with van der Waals surface area (Å²) in [7, 11) is 1.73. The number of para-hydroxylation sites is 1. The SMILES string of the molecule is COc1cccc2c1NCC2CC(C)(C)C. The molecule has 1 aromatic carbocycles. The molecule has 2 heteroatoms. The molecule has 2 nitrogen and oxygen atoms in total. The van der Waals surface area contributed by atoms with E-state index in [-0.39, 0.29) is 0 Å². The van der Waals surface area contributed by atoms with Crippen LogP contribution in [0.15, 0.2) is 18.2 Å². The van der Waals surface area contributed by atoms with Crippen molar-refractivity contribution in [1.29, 1.82) is 0 Å². The number of hydrogen-bond acceptors (Lipinski definition) is 2. The first-order chi connectivity index (χ1) is 7.51. The van der Waals surface area contributed by atoms with Gasteiger partial charge in [-0.2, -0.15) is 0 Å². The van der Waals surface area contributed by atoms with Gasteiger partial charge in [-0.25, -0.2) is 0 Å². The fraction of sp³-hybridized carbons (Fsp3) is 0.571. The minimum Gasteiger partial charge on any atom is -0.495 e. The number of hydrogen-bond donors (Lipinski definition) is 1. The third-order valence-electron chi connectivity index (χ3n) is 3.10. The number of anilines is 1. The lowest BCUT2D eigenvalue weighted by Crippen LogP contribution is -2.13. The Labute approximate surface area is 98.0 Å². The van der Waals surface area contributed by atoms with Crippen LogP contribution in [-0.4, -0.2) is 13.7 Å². The van der Waals surface area contributed by atoms with Crippen molar-refractivity contribution in [3.05, 3.63) is 23.8 Å². The molecule has 0 spiro atoms. The fourth-order valence-corrected chi connectivity index (χ4v) is 2.50. The second kappa shape index (κ2) is 4.00. The van der Waals surface area contributed by atoms with Crippen LogP contribution >= 0.6 is 0 Å². The molecule has 1 N–H and O–H groups in total. The highest BCUT2D eigenvalue weighted by molar-refractivity contribution is 5.66. The smallest absolute Gasteiger partial charge is 0.142 e. The minimum atomic E-state index is 0.372. The van der Waals surface area contributed by atoms with E-state index in [9.17, 15) is 0 Å². The maximum Gasteiger partial charge on any atom is 0.142 e. The van der Waals surface area contributed by atoms with E-state index >= 15 is 0 Å². The van der Waals surface area contributed by atoms with Crippen LogP contribution in [0.3, 0.4) is 0 Å². The lowest BCUT2D eigenvalue weighted by atomic mass is 9.82. The van der Waals surface area contributed by atoms with E-state index in [1.54, 1.807) is 7.11 Å². The van der Waals surface area contributed by atoms with Gasteiger partial charge in [0.05, 0.1) is 12.8 Å². The summed E-state index contributed by atoms with van der Waals surface area (Å²) in [5, 5.41) is 3.47. The van der Waals surface area contributed by atoms with Crippen molar-refractivity contribution < 1.29 is 4.74 Å². The highest BCUT2D eigenvalue weighted by Crippen LogP contribution is 2.42. The van der Waals surface area contributed by atoms with Gasteiger partial charge in [0, 0.05) is 12.5 Å². The number of ether oxygens (including phenoxy) is 1. The quantitative estimate of drug-likeness (QED) is 0.820. The Bertz CT molecular complexity index is 379. The van der Waals surface area contributed by atoms with Gasteiger partial charge in [0.15, 0.2) is 0 Å². The zero-order valence-electron chi connectivity index (χ0n) is 10.6. The third kappa shape index (κ3) is 2.16. The molecule has 2 rings (SSSR count). The van der Waals surface area contributed by atoms with Crippen LogP contribution in [0.2, 0.25) is 0 Å². The maximum absolute atomic E-state index is 5.37. The predicted molar refractivity (Wildman–Crippen MR) is 68.3 cm³/mol. The average molecular weight is 219 g/mol. The molecule has 0 aromatic heterocycles. The van der Waals surface area contributed by atoms with Crippen LogP contribution in [0.1, 0.15) is 38.7 Å². The molecule has 0 amide bonds. The first kappa shape index (κ1) is 11.3. The predicted octanol–water partition coefficient (Wildman–Crippen LogP) is 3.64. The summed E-state index contributed by atoms with van der Waals surface area (Å²) >= 11 is 0. The van der Waals surface area contributed by atoms with Gasteiger partial charge in [-0.05, 0) is 23.5 Å². The first-order valence-corrected chi connectivity index (χ1v) is 5.92. The lowest BCUT2D eigenvalue weighted by molar-refractivity contribution is 0.348. The molecule has 0 radical (unpaired) electrons. The van der Waals surface area contributed by atoms with E-state index in [2.05, 4.69) is 38.2 Å². The molecule has 0 saturated carbocycles. The van der Waals surface area contributed by atoms with Crippen molar-refractivity contribution in [3.8, 4) is 5.75 Å². The summed E-state index contributed by atoms with van der Waals surface area (Å²) in [6, 6.07) is 6.32. The third-order valence-corrected chi connectivity index (χ3v) is 3.10. The topological polar surface area (TPSA) is 21.3 Å². The Morgan fingerprint density at radius 2 is 2.12 bits per heavy atom. The van der Waals surface area contributed by atoms with Crippen molar-refractivity contribution >= 4 is 5.69 Å². The Kier molecular flexibility index (Phi) is 2.83. The first-order valence-electron chi connectivity index (χ1n) is 5.92. The van der Waals surface area contributed by atoms with Gasteiger partial charge in [-0.1, -0.05) is 32.9 Å². The van der Waals surface area contributed by atoms with E-state index in [4.69, 9.17) is 4.74 Å². The summed E-state index contributed by atoms with van der Waals surface area (Å²) in [4.78, 5) is 0. The van der Waals surface area contributed by atoms with Crippen LogP contribution < -0.4 is 10.1 Å². The molecule has 0 aliphatic carbocycles. The van der Waals surface area contributed by atoms with Crippen LogP contribution in [-0.2, 0) is 0 Å². The van der Waals surface area contributed by atoms with Crippen molar-refractivity contribution in [2.24, 2.45) is 5.41 Å². The van der Waals surface area contributed by atoms with Gasteiger partial charge in [0.2, 0.25) is 0 Å². The zero-order chi connectivity index (χ0) is 11.8. The van der Waals surface area contributed by atoms with Crippen molar-refractivity contribution in [2.75, 3.05) is 19.0 Å². The van der Waals surface area contributed by atoms with Gasteiger partial charge in [0.1, 0.15) is 5.75 Å². The van der Waals surface area contributed by atoms with E-state index in [0.29, 0.717) is 11.3 Å². The highest BCUT2D eigenvalue weighted by atomic mass is 16.5. The van der Waals surface area contributed by atoms with Crippen LogP contribution in [0.25, 0.3) is 0 Å². The van der Waals surface area contributed by atoms with Gasteiger partial charge in [-0.3, -0.25) is 0 Å². The summed E-state index contributed by atoms with van der Waals surface area (Å²) in [5.74, 6) is 1.58. The average Bonchev–Trinajstić information content (AvgIpc) is 2.59. The molecule has 0 saturated heterocycles. The molecule has 1 aliphatic rings. The molecule has 0 bridgehead atoms. The number of nitrogens with one attached hydrogen (secondary N) is 1. The molecule has 16 heavy (non-hydrogen) atoms. The van der Waals surface area contributed by atoms with Crippen molar-refractivity contribution in [2.45, 2.75) is 33.1 Å². The highest BCUT2D eigenvalue weighted by Gasteiger charge is 2.28. The molecular weight excluding hydrogens is 198 g/mol. The van der Waals surface area contributed by atoms with E-state index < -0.39 is 0 Å². The molecule has 0 fully saturated rings. The normalized spacial score (nSPS) is 19.1. The van der Waals surface area contributed by atoms with Gasteiger partial charge < -0.3 is 10.1 Å². The molecule has 1 atom stereocenters. The summed E-state index contributed by atoms with van der Waals surface area (Å²) in [5.41, 5.74) is 2.98. The Morgan fingerprint density at radius 3 is 2.75 bits per heavy atom. The molecular formula is C14H21NO.